The second-order valence-electron chi connectivity index (χ2n) is 12.0. The Bertz CT molecular complexity index is 1530. The van der Waals surface area contributed by atoms with Gasteiger partial charge in [0.05, 0.1) is 6.04 Å². The molecule has 4 atom stereocenters. The lowest BCUT2D eigenvalue weighted by Gasteiger charge is -2.26. The molecule has 0 unspecified atom stereocenters. The van der Waals surface area contributed by atoms with Crippen LogP contribution in [0.3, 0.4) is 0 Å². The third-order valence-corrected chi connectivity index (χ3v) is 7.95. The maximum absolute atomic E-state index is 13.8. The van der Waals surface area contributed by atoms with Crippen molar-refractivity contribution in [1.82, 2.24) is 21.3 Å². The summed E-state index contributed by atoms with van der Waals surface area (Å²) < 4.78 is 0.637. The molecular formula is C36H49N9O5. The SMILES string of the molecule is CCCC[C@@H](NC(=O)[C@@H](Cc1ccccc1)NC(=O)[C@H](N)Cc1ccccc1)C(=O)N[C@H](CCCN=C(N)N)C(=O)NCc1cc[n+]([O-])cc1. The molecule has 0 radical (unpaired) electrons. The first-order chi connectivity index (χ1) is 24.0. The molecule has 50 heavy (non-hydrogen) atoms. The summed E-state index contributed by atoms with van der Waals surface area (Å²) in [6.45, 7) is 2.33. The van der Waals surface area contributed by atoms with Gasteiger partial charge in [0.15, 0.2) is 18.4 Å². The number of amides is 4. The summed E-state index contributed by atoms with van der Waals surface area (Å²) in [6.07, 6.45) is 5.36. The average molecular weight is 688 g/mol. The third kappa shape index (κ3) is 13.9. The Hall–Kier alpha value is -5.50. The highest BCUT2D eigenvalue weighted by atomic mass is 16.5. The number of hydrogen-bond donors (Lipinski definition) is 7. The number of carbonyl (C=O) groups excluding carboxylic acids is 4. The molecule has 3 rings (SSSR count). The lowest BCUT2D eigenvalue weighted by Crippen LogP contribution is -2.58. The fourth-order valence-corrected chi connectivity index (χ4v) is 5.17. The molecule has 0 saturated heterocycles. The van der Waals surface area contributed by atoms with Crippen LogP contribution in [0.25, 0.3) is 0 Å². The van der Waals surface area contributed by atoms with Gasteiger partial charge in [-0.15, -0.1) is 0 Å². The van der Waals surface area contributed by atoms with Gasteiger partial charge in [-0.3, -0.25) is 24.2 Å². The molecule has 2 aromatic carbocycles. The van der Waals surface area contributed by atoms with E-state index in [0.717, 1.165) is 17.5 Å². The van der Waals surface area contributed by atoms with Crippen LogP contribution in [0.15, 0.2) is 90.2 Å². The van der Waals surface area contributed by atoms with E-state index >= 15 is 0 Å². The number of benzene rings is 2. The van der Waals surface area contributed by atoms with Crippen molar-refractivity contribution in [1.29, 1.82) is 0 Å². The van der Waals surface area contributed by atoms with Gasteiger partial charge >= 0.3 is 0 Å². The summed E-state index contributed by atoms with van der Waals surface area (Å²) in [5, 5.41) is 22.6. The van der Waals surface area contributed by atoms with Crippen molar-refractivity contribution in [2.45, 2.75) is 82.6 Å². The minimum Gasteiger partial charge on any atom is -0.619 e. The van der Waals surface area contributed by atoms with Crippen LogP contribution < -0.4 is 43.2 Å². The van der Waals surface area contributed by atoms with E-state index in [4.69, 9.17) is 17.2 Å². The molecule has 14 heteroatoms. The first kappa shape index (κ1) is 38.9. The van der Waals surface area contributed by atoms with E-state index in [0.29, 0.717) is 29.6 Å². The smallest absolute Gasteiger partial charge is 0.243 e. The summed E-state index contributed by atoms with van der Waals surface area (Å²) in [4.78, 5) is 58.1. The van der Waals surface area contributed by atoms with Crippen LogP contribution in [0.5, 0.6) is 0 Å². The fourth-order valence-electron chi connectivity index (χ4n) is 5.17. The number of nitrogens with one attached hydrogen (secondary N) is 4. The van der Waals surface area contributed by atoms with Crippen molar-refractivity contribution < 1.29 is 23.9 Å². The van der Waals surface area contributed by atoms with Crippen molar-refractivity contribution >= 4 is 29.6 Å². The predicted molar refractivity (Wildman–Crippen MR) is 191 cm³/mol. The third-order valence-electron chi connectivity index (χ3n) is 7.95. The number of hydrogen-bond acceptors (Lipinski definition) is 7. The van der Waals surface area contributed by atoms with Gasteiger partial charge in [-0.25, -0.2) is 0 Å². The van der Waals surface area contributed by atoms with Crippen molar-refractivity contribution in [3.8, 4) is 0 Å². The van der Waals surface area contributed by atoms with Crippen LogP contribution in [0.4, 0.5) is 0 Å². The lowest BCUT2D eigenvalue weighted by molar-refractivity contribution is -0.605. The molecule has 1 aromatic heterocycles. The second-order valence-corrected chi connectivity index (χ2v) is 12.0. The summed E-state index contributed by atoms with van der Waals surface area (Å²) in [5.41, 5.74) is 19.5. The zero-order chi connectivity index (χ0) is 36.3. The van der Waals surface area contributed by atoms with Gasteiger partial charge in [0.1, 0.15) is 18.1 Å². The molecule has 1 heterocycles. The van der Waals surface area contributed by atoms with Gasteiger partial charge in [-0.1, -0.05) is 80.4 Å². The number of carbonyl (C=O) groups is 4. The second kappa shape index (κ2) is 20.8. The first-order valence-electron chi connectivity index (χ1n) is 16.8. The van der Waals surface area contributed by atoms with Crippen molar-refractivity contribution in [3.63, 3.8) is 0 Å². The summed E-state index contributed by atoms with van der Waals surface area (Å²) in [6, 6.07) is 17.8. The molecule has 0 bridgehead atoms. The molecule has 14 nitrogen and oxygen atoms in total. The Labute approximate surface area is 292 Å². The van der Waals surface area contributed by atoms with Crippen LogP contribution in [-0.4, -0.2) is 60.3 Å². The molecule has 0 aliphatic carbocycles. The zero-order valence-corrected chi connectivity index (χ0v) is 28.4. The Morgan fingerprint density at radius 1 is 0.700 bits per heavy atom. The van der Waals surface area contributed by atoms with E-state index in [2.05, 4.69) is 26.3 Å². The highest BCUT2D eigenvalue weighted by molar-refractivity contribution is 5.95. The maximum atomic E-state index is 13.8. The van der Waals surface area contributed by atoms with E-state index in [1.807, 2.05) is 67.6 Å². The van der Waals surface area contributed by atoms with Crippen molar-refractivity contribution in [2.24, 2.45) is 22.2 Å². The van der Waals surface area contributed by atoms with Gasteiger partial charge in [0.25, 0.3) is 0 Å². The number of rotatable bonds is 20. The predicted octanol–water partition coefficient (Wildman–Crippen LogP) is 0.447. The molecule has 268 valence electrons. The number of aromatic nitrogens is 1. The lowest BCUT2D eigenvalue weighted by atomic mass is 10.0. The van der Waals surface area contributed by atoms with E-state index in [-0.39, 0.29) is 38.3 Å². The van der Waals surface area contributed by atoms with Crippen LogP contribution in [0.2, 0.25) is 0 Å². The summed E-state index contributed by atoms with van der Waals surface area (Å²) in [7, 11) is 0. The topological polar surface area (TPSA) is 234 Å². The Kier molecular flexibility index (Phi) is 16.2. The Morgan fingerprint density at radius 3 is 1.80 bits per heavy atom. The van der Waals surface area contributed by atoms with Gasteiger partial charge in [-0.05, 0) is 42.4 Å². The molecule has 0 spiro atoms. The van der Waals surface area contributed by atoms with Gasteiger partial charge in [0.2, 0.25) is 23.6 Å². The molecule has 0 aliphatic heterocycles. The standard InChI is InChI=1S/C36H49N9O5/c1-2-3-15-30(34(48)42-29(16-10-19-40-36(38)39)33(47)41-24-27-17-20-45(50)21-18-27)43-35(49)31(23-26-13-8-5-9-14-26)44-32(46)28(37)22-25-11-6-4-7-12-25/h4-9,11-14,17-18,20-21,28-31H,2-3,10,15-16,19,22-24,37H2,1H3,(H,41,47)(H,42,48)(H,43,49)(H,44,46)(H4,38,39,40)/t28-,29-,30-,31-/m1/s1. The Morgan fingerprint density at radius 2 is 1.22 bits per heavy atom. The van der Waals surface area contributed by atoms with E-state index in [1.165, 1.54) is 12.4 Å². The maximum Gasteiger partial charge on any atom is 0.243 e. The number of nitrogens with zero attached hydrogens (tertiary/aromatic N) is 2. The quantitative estimate of drug-likeness (QED) is 0.0289. The molecule has 3 aromatic rings. The fraction of sp³-hybridized carbons (Fsp3) is 0.389. The number of nitrogens with two attached hydrogens (primary N) is 3. The number of unbranched alkanes of at least 4 members (excludes halogenated alkanes) is 1. The van der Waals surface area contributed by atoms with Gasteiger partial charge in [-0.2, -0.15) is 4.73 Å². The summed E-state index contributed by atoms with van der Waals surface area (Å²) in [5.74, 6) is -2.15. The van der Waals surface area contributed by atoms with Crippen LogP contribution >= 0.6 is 0 Å². The molecule has 10 N–H and O–H groups in total. The molecule has 0 saturated carbocycles. The largest absolute Gasteiger partial charge is 0.619 e. The van der Waals surface area contributed by atoms with Gasteiger partial charge < -0.3 is 43.7 Å². The van der Waals surface area contributed by atoms with Crippen LogP contribution in [0, 0.1) is 5.21 Å². The number of guanidine groups is 1. The first-order valence-corrected chi connectivity index (χ1v) is 16.8. The highest BCUT2D eigenvalue weighted by Gasteiger charge is 2.30. The molecule has 4 amide bonds. The minimum atomic E-state index is -1.03. The molecular weight excluding hydrogens is 638 g/mol. The van der Waals surface area contributed by atoms with Gasteiger partial charge in [0, 0.05) is 31.6 Å². The van der Waals surface area contributed by atoms with Crippen LogP contribution in [0.1, 0.15) is 55.7 Å². The van der Waals surface area contributed by atoms with E-state index in [9.17, 15) is 24.4 Å². The molecule has 0 aliphatic rings. The monoisotopic (exact) mass is 687 g/mol. The van der Waals surface area contributed by atoms with E-state index < -0.39 is 47.8 Å². The highest BCUT2D eigenvalue weighted by Crippen LogP contribution is 2.09. The molecule has 0 fully saturated rings. The van der Waals surface area contributed by atoms with Crippen molar-refractivity contribution in [2.75, 3.05) is 6.54 Å². The normalized spacial score (nSPS) is 13.2. The van der Waals surface area contributed by atoms with E-state index in [1.54, 1.807) is 12.1 Å². The Balaban J connectivity index is 1.75. The average Bonchev–Trinajstić information content (AvgIpc) is 3.11. The number of aliphatic imine (C=N–C) groups is 1. The van der Waals surface area contributed by atoms with Crippen LogP contribution in [-0.2, 0) is 38.6 Å². The van der Waals surface area contributed by atoms with Crippen molar-refractivity contribution in [3.05, 3.63) is 107 Å². The minimum absolute atomic E-state index is 0.0877. The summed E-state index contributed by atoms with van der Waals surface area (Å²) >= 11 is 0. The zero-order valence-electron chi connectivity index (χ0n) is 28.4. The number of pyridine rings is 1.